The number of nitrogens with two attached hydrogens (primary N) is 1. The normalized spacial score (nSPS) is 9.89. The van der Waals surface area contributed by atoms with E-state index in [0.29, 0.717) is 17.9 Å². The molecule has 18 heavy (non-hydrogen) atoms. The summed E-state index contributed by atoms with van der Waals surface area (Å²) in [6.45, 7) is 2.55. The Morgan fingerprint density at radius 1 is 1.50 bits per heavy atom. The molecule has 0 aliphatic rings. The highest BCUT2D eigenvalue weighted by Crippen LogP contribution is 2.26. The summed E-state index contributed by atoms with van der Waals surface area (Å²) in [6, 6.07) is 4.59. The van der Waals surface area contributed by atoms with Gasteiger partial charge in [-0.1, -0.05) is 0 Å². The van der Waals surface area contributed by atoms with Crippen molar-refractivity contribution in [3.63, 3.8) is 0 Å². The first-order valence-electron chi connectivity index (χ1n) is 5.46. The number of hydrogen-bond acceptors (Lipinski definition) is 5. The van der Waals surface area contributed by atoms with Gasteiger partial charge < -0.3 is 16.0 Å². The third kappa shape index (κ3) is 3.62. The van der Waals surface area contributed by atoms with Gasteiger partial charge in [-0.3, -0.25) is 14.9 Å². The Balaban J connectivity index is 3.09. The highest BCUT2D eigenvalue weighted by molar-refractivity contribution is 5.80. The van der Waals surface area contributed by atoms with Gasteiger partial charge in [-0.05, 0) is 13.0 Å². The molecule has 0 saturated carbocycles. The molecular weight excluding hydrogens is 236 g/mol. The largest absolute Gasteiger partial charge is 0.385 e. The molecule has 0 radical (unpaired) electrons. The zero-order valence-electron chi connectivity index (χ0n) is 10.3. The van der Waals surface area contributed by atoms with E-state index in [-0.39, 0.29) is 12.2 Å². The molecule has 1 aromatic rings. The van der Waals surface area contributed by atoms with Gasteiger partial charge in [0, 0.05) is 37.1 Å². The second-order valence-corrected chi connectivity index (χ2v) is 3.85. The Morgan fingerprint density at radius 2 is 2.17 bits per heavy atom. The Bertz CT molecular complexity index is 462. The molecule has 0 aliphatic heterocycles. The van der Waals surface area contributed by atoms with Crippen molar-refractivity contribution >= 4 is 23.0 Å². The maximum absolute atomic E-state index is 10.8. The Kier molecular flexibility index (Phi) is 4.47. The van der Waals surface area contributed by atoms with Gasteiger partial charge in [0.05, 0.1) is 11.5 Å². The first-order chi connectivity index (χ1) is 8.43. The Morgan fingerprint density at radius 3 is 2.67 bits per heavy atom. The summed E-state index contributed by atoms with van der Waals surface area (Å²) in [4.78, 5) is 22.8. The van der Waals surface area contributed by atoms with E-state index < -0.39 is 10.8 Å². The molecule has 0 spiro atoms. The number of anilines is 2. The third-order valence-corrected chi connectivity index (χ3v) is 2.33. The lowest BCUT2D eigenvalue weighted by molar-refractivity contribution is -0.384. The predicted octanol–water partition coefficient (Wildman–Crippen LogP) is 0.948. The van der Waals surface area contributed by atoms with Crippen LogP contribution in [0.1, 0.15) is 6.92 Å². The highest BCUT2D eigenvalue weighted by Gasteiger charge is 2.13. The van der Waals surface area contributed by atoms with Gasteiger partial charge in [-0.2, -0.15) is 0 Å². The maximum atomic E-state index is 10.8. The number of nitrogens with zero attached hydrogens (tertiary/aromatic N) is 2. The summed E-state index contributed by atoms with van der Waals surface area (Å²) in [5.74, 6) is -0.492. The molecule has 0 fully saturated rings. The van der Waals surface area contributed by atoms with E-state index in [1.54, 1.807) is 18.0 Å². The van der Waals surface area contributed by atoms with E-state index in [1.807, 2.05) is 6.92 Å². The van der Waals surface area contributed by atoms with Crippen LogP contribution in [-0.2, 0) is 4.79 Å². The molecule has 0 saturated heterocycles. The van der Waals surface area contributed by atoms with E-state index >= 15 is 0 Å². The van der Waals surface area contributed by atoms with Crippen LogP contribution < -0.4 is 16.0 Å². The van der Waals surface area contributed by atoms with Crippen molar-refractivity contribution in [3.05, 3.63) is 28.3 Å². The van der Waals surface area contributed by atoms with E-state index in [9.17, 15) is 14.9 Å². The van der Waals surface area contributed by atoms with Gasteiger partial charge in [-0.15, -0.1) is 0 Å². The van der Waals surface area contributed by atoms with Crippen molar-refractivity contribution < 1.29 is 9.72 Å². The summed E-state index contributed by atoms with van der Waals surface area (Å²) >= 11 is 0. The summed E-state index contributed by atoms with van der Waals surface area (Å²) in [5, 5.41) is 13.8. The monoisotopic (exact) mass is 252 g/mol. The minimum atomic E-state index is -0.492. The molecule has 0 atom stereocenters. The molecule has 1 aromatic carbocycles. The topological polar surface area (TPSA) is 102 Å². The number of carbonyl (C=O) groups is 1. The van der Waals surface area contributed by atoms with Crippen LogP contribution in [0.15, 0.2) is 18.2 Å². The smallest absolute Gasteiger partial charge is 0.273 e. The van der Waals surface area contributed by atoms with Crippen molar-refractivity contribution in [3.8, 4) is 0 Å². The molecule has 7 heteroatoms. The molecule has 0 aliphatic carbocycles. The van der Waals surface area contributed by atoms with Gasteiger partial charge in [-0.25, -0.2) is 0 Å². The molecular formula is C11H16N4O3. The van der Waals surface area contributed by atoms with E-state index in [0.717, 1.165) is 0 Å². The van der Waals surface area contributed by atoms with E-state index in [4.69, 9.17) is 5.73 Å². The molecule has 0 heterocycles. The molecule has 7 nitrogen and oxygen atoms in total. The third-order valence-electron chi connectivity index (χ3n) is 2.33. The lowest BCUT2D eigenvalue weighted by Crippen LogP contribution is -2.30. The predicted molar refractivity (Wildman–Crippen MR) is 69.7 cm³/mol. The SMILES string of the molecule is CCNc1cc(N(C)CC(N)=O)cc([N+](=O)[O-])c1. The van der Waals surface area contributed by atoms with Crippen LogP contribution in [-0.4, -0.2) is 31.0 Å². The van der Waals surface area contributed by atoms with Crippen LogP contribution in [0.3, 0.4) is 0 Å². The van der Waals surface area contributed by atoms with Gasteiger partial charge in [0.25, 0.3) is 5.69 Å². The number of primary amides is 1. The molecule has 0 unspecified atom stereocenters. The number of rotatable bonds is 6. The van der Waals surface area contributed by atoms with Crippen LogP contribution in [0.5, 0.6) is 0 Å². The molecule has 3 N–H and O–H groups in total. The number of nitro groups is 1. The zero-order chi connectivity index (χ0) is 13.7. The lowest BCUT2D eigenvalue weighted by Gasteiger charge is -2.18. The second-order valence-electron chi connectivity index (χ2n) is 3.85. The van der Waals surface area contributed by atoms with Gasteiger partial charge in [0.1, 0.15) is 0 Å². The zero-order valence-corrected chi connectivity index (χ0v) is 10.3. The standard InChI is InChI=1S/C11H16N4O3/c1-3-13-8-4-9(14(2)7-11(12)16)6-10(5-8)15(17)18/h4-6,13H,3,7H2,1-2H3,(H2,12,16). The van der Waals surface area contributed by atoms with Crippen molar-refractivity contribution in [2.24, 2.45) is 5.73 Å². The first-order valence-corrected chi connectivity index (χ1v) is 5.46. The summed E-state index contributed by atoms with van der Waals surface area (Å²) in [7, 11) is 1.65. The van der Waals surface area contributed by atoms with E-state index in [1.165, 1.54) is 12.1 Å². The number of likely N-dealkylation sites (N-methyl/N-ethyl adjacent to an activating group) is 1. The van der Waals surface area contributed by atoms with Gasteiger partial charge >= 0.3 is 0 Å². The number of non-ortho nitro benzene ring substituents is 1. The minimum Gasteiger partial charge on any atom is -0.385 e. The fourth-order valence-corrected chi connectivity index (χ4v) is 1.55. The summed E-state index contributed by atoms with van der Waals surface area (Å²) < 4.78 is 0. The average Bonchev–Trinajstić information content (AvgIpc) is 2.28. The van der Waals surface area contributed by atoms with Crippen molar-refractivity contribution in [1.29, 1.82) is 0 Å². The Hall–Kier alpha value is -2.31. The van der Waals surface area contributed by atoms with Gasteiger partial charge in [0.2, 0.25) is 5.91 Å². The number of nitro benzene ring substituents is 1. The summed E-state index contributed by atoms with van der Waals surface area (Å²) in [5.41, 5.74) is 6.27. The maximum Gasteiger partial charge on any atom is 0.273 e. The quantitative estimate of drug-likeness (QED) is 0.579. The number of benzene rings is 1. The fraction of sp³-hybridized carbons (Fsp3) is 0.364. The number of nitrogens with one attached hydrogen (secondary N) is 1. The van der Waals surface area contributed by atoms with Crippen molar-refractivity contribution in [2.75, 3.05) is 30.4 Å². The second kappa shape index (κ2) is 5.85. The Labute approximate surface area is 105 Å². The summed E-state index contributed by atoms with van der Waals surface area (Å²) in [6.07, 6.45) is 0. The number of hydrogen-bond donors (Lipinski definition) is 2. The lowest BCUT2D eigenvalue weighted by atomic mass is 10.2. The highest BCUT2D eigenvalue weighted by atomic mass is 16.6. The molecule has 0 aromatic heterocycles. The van der Waals surface area contributed by atoms with Crippen LogP contribution in [0, 0.1) is 10.1 Å². The first kappa shape index (κ1) is 13.8. The van der Waals surface area contributed by atoms with Crippen molar-refractivity contribution in [1.82, 2.24) is 0 Å². The number of amides is 1. The molecule has 98 valence electrons. The van der Waals surface area contributed by atoms with E-state index in [2.05, 4.69) is 5.32 Å². The minimum absolute atomic E-state index is 0.00668. The van der Waals surface area contributed by atoms with Crippen molar-refractivity contribution in [2.45, 2.75) is 6.92 Å². The molecule has 1 amide bonds. The molecule has 1 rings (SSSR count). The molecule has 0 bridgehead atoms. The van der Waals surface area contributed by atoms with Crippen LogP contribution in [0.25, 0.3) is 0 Å². The van der Waals surface area contributed by atoms with Gasteiger partial charge in [0.15, 0.2) is 0 Å². The van der Waals surface area contributed by atoms with Crippen LogP contribution in [0.2, 0.25) is 0 Å². The number of carbonyl (C=O) groups excluding carboxylic acids is 1. The average molecular weight is 252 g/mol. The van der Waals surface area contributed by atoms with Crippen LogP contribution in [0.4, 0.5) is 17.1 Å². The fourth-order valence-electron chi connectivity index (χ4n) is 1.55. The van der Waals surface area contributed by atoms with Crippen LogP contribution >= 0.6 is 0 Å².